The lowest BCUT2D eigenvalue weighted by Gasteiger charge is -2.37. The van der Waals surface area contributed by atoms with Gasteiger partial charge in [-0.3, -0.25) is 9.59 Å². The molecule has 7 nitrogen and oxygen atoms in total. The molecule has 0 bridgehead atoms. The Balaban J connectivity index is 2.52. The van der Waals surface area contributed by atoms with Gasteiger partial charge in [-0.25, -0.2) is 4.79 Å². The predicted octanol–water partition coefficient (Wildman–Crippen LogP) is 5.19. The lowest BCUT2D eigenvalue weighted by atomic mass is 9.94. The normalized spacial score (nSPS) is 16.6. The Hall–Kier alpha value is -2.57. The van der Waals surface area contributed by atoms with Crippen LogP contribution in [0.4, 0.5) is 4.79 Å². The van der Waals surface area contributed by atoms with Crippen molar-refractivity contribution in [3.63, 3.8) is 0 Å². The summed E-state index contributed by atoms with van der Waals surface area (Å²) in [6.45, 7) is 19.1. The number of carbonyl (C=O) groups is 3. The Morgan fingerprint density at radius 1 is 1.06 bits per heavy atom. The molecule has 196 valence electrons. The fraction of sp³-hybridized carbons (Fsp3) is 0.679. The Morgan fingerprint density at radius 2 is 1.66 bits per heavy atom. The number of alkyl carbamates (subject to hydrolysis) is 1. The van der Waals surface area contributed by atoms with E-state index in [1.165, 1.54) is 0 Å². The third-order valence-electron chi connectivity index (χ3n) is 6.22. The molecule has 35 heavy (non-hydrogen) atoms. The molecule has 2 rings (SSSR count). The van der Waals surface area contributed by atoms with Crippen LogP contribution >= 0.6 is 0 Å². The first-order valence-electron chi connectivity index (χ1n) is 12.7. The Bertz CT molecular complexity index is 925. The SMILES string of the molecule is CCC(C)C(NC(=O)OC(C)(C)C)C(=O)N(C1CC1)C(C(=O)NC(C)(C)C)c1ccc(C)c(C)c1. The quantitative estimate of drug-likeness (QED) is 0.528. The molecule has 1 aromatic carbocycles. The maximum absolute atomic E-state index is 14.1. The minimum Gasteiger partial charge on any atom is -0.444 e. The second-order valence-electron chi connectivity index (χ2n) is 12.0. The lowest BCUT2D eigenvalue weighted by molar-refractivity contribution is -0.144. The van der Waals surface area contributed by atoms with E-state index in [0.717, 1.165) is 29.5 Å². The number of amides is 3. The number of benzene rings is 1. The minimum absolute atomic E-state index is 0.0492. The number of nitrogens with one attached hydrogen (secondary N) is 2. The summed E-state index contributed by atoms with van der Waals surface area (Å²) in [6.07, 6.45) is 1.71. The summed E-state index contributed by atoms with van der Waals surface area (Å²) in [5, 5.41) is 5.90. The van der Waals surface area contributed by atoms with Crippen molar-refractivity contribution in [2.75, 3.05) is 0 Å². The maximum atomic E-state index is 14.1. The molecular formula is C28H45N3O4. The molecule has 1 fully saturated rings. The molecule has 3 unspecified atom stereocenters. The van der Waals surface area contributed by atoms with Crippen LogP contribution in [0.25, 0.3) is 0 Å². The Labute approximate surface area is 211 Å². The molecule has 0 heterocycles. The fourth-order valence-electron chi connectivity index (χ4n) is 3.96. The number of ether oxygens (including phenoxy) is 1. The van der Waals surface area contributed by atoms with E-state index in [4.69, 9.17) is 4.74 Å². The number of hydrogen-bond acceptors (Lipinski definition) is 4. The molecular weight excluding hydrogens is 442 g/mol. The summed E-state index contributed by atoms with van der Waals surface area (Å²) in [6, 6.07) is 4.27. The average molecular weight is 488 g/mol. The van der Waals surface area contributed by atoms with E-state index >= 15 is 0 Å². The highest BCUT2D eigenvalue weighted by atomic mass is 16.6. The fourth-order valence-corrected chi connectivity index (χ4v) is 3.96. The molecule has 0 aliphatic heterocycles. The second-order valence-corrected chi connectivity index (χ2v) is 12.0. The van der Waals surface area contributed by atoms with Crippen molar-refractivity contribution in [1.82, 2.24) is 15.5 Å². The molecule has 0 spiro atoms. The van der Waals surface area contributed by atoms with Gasteiger partial charge in [0.25, 0.3) is 0 Å². The number of nitrogens with zero attached hydrogens (tertiary/aromatic N) is 1. The number of aryl methyl sites for hydroxylation is 2. The maximum Gasteiger partial charge on any atom is 0.408 e. The first kappa shape index (κ1) is 28.7. The van der Waals surface area contributed by atoms with Crippen LogP contribution in [0.3, 0.4) is 0 Å². The van der Waals surface area contributed by atoms with E-state index < -0.39 is 29.3 Å². The van der Waals surface area contributed by atoms with E-state index in [9.17, 15) is 14.4 Å². The number of carbonyl (C=O) groups excluding carboxylic acids is 3. The van der Waals surface area contributed by atoms with Crippen LogP contribution in [0.5, 0.6) is 0 Å². The van der Waals surface area contributed by atoms with Gasteiger partial charge >= 0.3 is 6.09 Å². The van der Waals surface area contributed by atoms with E-state index in [1.807, 2.05) is 66.7 Å². The van der Waals surface area contributed by atoms with Gasteiger partial charge in [0.1, 0.15) is 17.7 Å². The average Bonchev–Trinajstić information content (AvgIpc) is 3.53. The van der Waals surface area contributed by atoms with E-state index in [1.54, 1.807) is 25.7 Å². The van der Waals surface area contributed by atoms with Crippen LogP contribution in [0.2, 0.25) is 0 Å². The Kier molecular flexibility index (Phi) is 9.01. The van der Waals surface area contributed by atoms with Gasteiger partial charge in [0.15, 0.2) is 0 Å². The summed E-state index contributed by atoms with van der Waals surface area (Å²) >= 11 is 0. The molecule has 7 heteroatoms. The van der Waals surface area contributed by atoms with Crippen LogP contribution in [-0.2, 0) is 14.3 Å². The summed E-state index contributed by atoms with van der Waals surface area (Å²) in [5.41, 5.74) is 1.81. The zero-order valence-electron chi connectivity index (χ0n) is 23.2. The molecule has 0 aromatic heterocycles. The van der Waals surface area contributed by atoms with Crippen LogP contribution in [0.15, 0.2) is 18.2 Å². The first-order chi connectivity index (χ1) is 16.0. The third-order valence-corrected chi connectivity index (χ3v) is 6.22. The molecule has 0 saturated heterocycles. The Morgan fingerprint density at radius 3 is 2.11 bits per heavy atom. The van der Waals surface area contributed by atoms with Crippen LogP contribution in [-0.4, -0.2) is 46.0 Å². The van der Waals surface area contributed by atoms with Crippen molar-refractivity contribution >= 4 is 17.9 Å². The van der Waals surface area contributed by atoms with Gasteiger partial charge in [0, 0.05) is 11.6 Å². The molecule has 3 atom stereocenters. The van der Waals surface area contributed by atoms with Crippen LogP contribution in [0, 0.1) is 19.8 Å². The van der Waals surface area contributed by atoms with Crippen molar-refractivity contribution < 1.29 is 19.1 Å². The van der Waals surface area contributed by atoms with Crippen molar-refractivity contribution in [1.29, 1.82) is 0 Å². The van der Waals surface area contributed by atoms with Gasteiger partial charge in [-0.1, -0.05) is 38.5 Å². The van der Waals surface area contributed by atoms with E-state index in [2.05, 4.69) is 10.6 Å². The summed E-state index contributed by atoms with van der Waals surface area (Å²) < 4.78 is 5.46. The monoisotopic (exact) mass is 487 g/mol. The van der Waals surface area contributed by atoms with Crippen molar-refractivity contribution in [2.45, 2.75) is 118 Å². The summed E-state index contributed by atoms with van der Waals surface area (Å²) in [4.78, 5) is 42.2. The molecule has 1 aliphatic carbocycles. The molecule has 0 radical (unpaired) electrons. The van der Waals surface area contributed by atoms with Crippen LogP contribution in [0.1, 0.15) is 97.4 Å². The first-order valence-corrected chi connectivity index (χ1v) is 12.7. The smallest absolute Gasteiger partial charge is 0.408 e. The standard InChI is InChI=1S/C28H45N3O4/c1-11-17(2)22(29-26(34)35-28(8,9)10)25(33)31(21-14-15-21)23(24(32)30-27(5,6)7)20-13-12-18(3)19(4)16-20/h12-13,16-17,21-23H,11,14-15H2,1-10H3,(H,29,34)(H,30,32). The van der Waals surface area contributed by atoms with Crippen molar-refractivity contribution in [3.05, 3.63) is 34.9 Å². The zero-order chi connectivity index (χ0) is 26.7. The highest BCUT2D eigenvalue weighted by Gasteiger charge is 2.45. The minimum atomic E-state index is -0.799. The van der Waals surface area contributed by atoms with Gasteiger partial charge in [-0.05, 0) is 90.8 Å². The van der Waals surface area contributed by atoms with Crippen molar-refractivity contribution in [2.24, 2.45) is 5.92 Å². The summed E-state index contributed by atoms with van der Waals surface area (Å²) in [7, 11) is 0. The molecule has 1 aromatic rings. The lowest BCUT2D eigenvalue weighted by Crippen LogP contribution is -2.57. The largest absolute Gasteiger partial charge is 0.444 e. The highest BCUT2D eigenvalue weighted by molar-refractivity contribution is 5.93. The second kappa shape index (κ2) is 11.0. The van der Waals surface area contributed by atoms with E-state index in [-0.39, 0.29) is 23.8 Å². The molecule has 1 aliphatic rings. The molecule has 1 saturated carbocycles. The van der Waals surface area contributed by atoms with Gasteiger partial charge in [0.2, 0.25) is 11.8 Å². The third kappa shape index (κ3) is 8.25. The highest BCUT2D eigenvalue weighted by Crippen LogP contribution is 2.37. The molecule has 2 N–H and O–H groups in total. The number of rotatable bonds is 8. The predicted molar refractivity (Wildman–Crippen MR) is 139 cm³/mol. The topological polar surface area (TPSA) is 87.7 Å². The number of hydrogen-bond donors (Lipinski definition) is 2. The van der Waals surface area contributed by atoms with Gasteiger partial charge in [-0.15, -0.1) is 0 Å². The van der Waals surface area contributed by atoms with Crippen molar-refractivity contribution in [3.8, 4) is 0 Å². The molecule has 3 amide bonds. The van der Waals surface area contributed by atoms with E-state index in [0.29, 0.717) is 6.42 Å². The van der Waals surface area contributed by atoms with Crippen LogP contribution < -0.4 is 10.6 Å². The summed E-state index contributed by atoms with van der Waals surface area (Å²) in [5.74, 6) is -0.608. The zero-order valence-corrected chi connectivity index (χ0v) is 23.2. The van der Waals surface area contributed by atoms with Gasteiger partial charge < -0.3 is 20.3 Å². The van der Waals surface area contributed by atoms with Gasteiger partial charge in [-0.2, -0.15) is 0 Å². The van der Waals surface area contributed by atoms with Gasteiger partial charge in [0.05, 0.1) is 0 Å².